The number of hydrogen-bond acceptors (Lipinski definition) is 3. The van der Waals surface area contributed by atoms with E-state index in [1.807, 2.05) is 26.0 Å². The molecule has 0 radical (unpaired) electrons. The van der Waals surface area contributed by atoms with Gasteiger partial charge in [-0.1, -0.05) is 12.1 Å². The lowest BCUT2D eigenvalue weighted by Gasteiger charge is -2.15. The second-order valence-electron chi connectivity index (χ2n) is 5.33. The van der Waals surface area contributed by atoms with E-state index in [0.29, 0.717) is 19.0 Å². The van der Waals surface area contributed by atoms with Crippen LogP contribution in [0, 0.1) is 5.82 Å². The van der Waals surface area contributed by atoms with Crippen molar-refractivity contribution < 1.29 is 13.5 Å². The zero-order valence-corrected chi connectivity index (χ0v) is 16.8. The molecule has 7 heteroatoms. The average Bonchev–Trinajstić information content (AvgIpc) is 3.08. The third-order valence-electron chi connectivity index (χ3n) is 3.26. The lowest BCUT2D eigenvalue weighted by molar-refractivity contribution is 0.220. The molecule has 0 bridgehead atoms. The van der Waals surface area contributed by atoms with Gasteiger partial charge in [-0.3, -0.25) is 0 Å². The van der Waals surface area contributed by atoms with Crippen molar-refractivity contribution in [1.29, 1.82) is 0 Å². The molecule has 1 unspecified atom stereocenters. The number of nitrogens with zero attached hydrogens (tertiary/aromatic N) is 1. The molecule has 2 rings (SSSR count). The van der Waals surface area contributed by atoms with Crippen LogP contribution < -0.4 is 15.4 Å². The molecule has 1 aromatic heterocycles. The summed E-state index contributed by atoms with van der Waals surface area (Å²) in [7, 11) is 0. The van der Waals surface area contributed by atoms with Crippen LogP contribution in [0.3, 0.4) is 0 Å². The van der Waals surface area contributed by atoms with Crippen LogP contribution in [0.4, 0.5) is 4.39 Å². The molecule has 1 heterocycles. The van der Waals surface area contributed by atoms with Crippen molar-refractivity contribution in [1.82, 2.24) is 10.6 Å². The topological polar surface area (TPSA) is 58.8 Å². The Labute approximate surface area is 165 Å². The Morgan fingerprint density at radius 1 is 1.24 bits per heavy atom. The van der Waals surface area contributed by atoms with Crippen molar-refractivity contribution in [3.8, 4) is 5.75 Å². The van der Waals surface area contributed by atoms with Crippen LogP contribution in [-0.4, -0.2) is 31.7 Å². The first kappa shape index (κ1) is 21.3. The van der Waals surface area contributed by atoms with Gasteiger partial charge in [0.1, 0.15) is 11.9 Å². The number of ether oxygens (including phenoxy) is 1. The first-order valence-electron chi connectivity index (χ1n) is 8.14. The normalized spacial score (nSPS) is 12.2. The van der Waals surface area contributed by atoms with Crippen LogP contribution in [-0.2, 0) is 6.42 Å². The van der Waals surface area contributed by atoms with E-state index in [-0.39, 0.29) is 41.6 Å². The molecule has 1 atom stereocenters. The Balaban J connectivity index is 0.00000312. The van der Waals surface area contributed by atoms with Crippen molar-refractivity contribution >= 4 is 29.9 Å². The lowest BCUT2D eigenvalue weighted by Crippen LogP contribution is -2.39. The molecule has 0 aliphatic heterocycles. The van der Waals surface area contributed by atoms with Crippen LogP contribution in [0.15, 0.2) is 52.1 Å². The first-order chi connectivity index (χ1) is 11.7. The molecule has 138 valence electrons. The molecule has 2 aromatic rings. The van der Waals surface area contributed by atoms with E-state index in [0.717, 1.165) is 18.7 Å². The van der Waals surface area contributed by atoms with Crippen molar-refractivity contribution in [2.24, 2.45) is 4.99 Å². The maximum atomic E-state index is 13.6. The van der Waals surface area contributed by atoms with Gasteiger partial charge in [0.2, 0.25) is 0 Å². The molecule has 0 saturated carbocycles. The number of rotatable bonds is 8. The molecule has 5 nitrogen and oxygen atoms in total. The summed E-state index contributed by atoms with van der Waals surface area (Å²) in [6, 6.07) is 10.2. The van der Waals surface area contributed by atoms with Gasteiger partial charge in [-0.05, 0) is 38.1 Å². The number of para-hydroxylation sites is 1. The molecule has 0 fully saturated rings. The van der Waals surface area contributed by atoms with Crippen molar-refractivity contribution in [2.75, 3.05) is 19.6 Å². The molecule has 1 aromatic carbocycles. The fourth-order valence-electron chi connectivity index (χ4n) is 2.11. The lowest BCUT2D eigenvalue weighted by atomic mass is 10.3. The van der Waals surface area contributed by atoms with E-state index in [1.165, 1.54) is 6.07 Å². The highest BCUT2D eigenvalue weighted by Gasteiger charge is 2.08. The zero-order chi connectivity index (χ0) is 17.2. The van der Waals surface area contributed by atoms with Gasteiger partial charge in [0, 0.05) is 19.5 Å². The van der Waals surface area contributed by atoms with Crippen LogP contribution in [0.2, 0.25) is 0 Å². The van der Waals surface area contributed by atoms with Crippen molar-refractivity contribution in [3.05, 3.63) is 54.2 Å². The molecule has 0 spiro atoms. The number of hydrogen-bond donors (Lipinski definition) is 2. The van der Waals surface area contributed by atoms with E-state index in [4.69, 9.17) is 9.15 Å². The molecule has 25 heavy (non-hydrogen) atoms. The predicted molar refractivity (Wildman–Crippen MR) is 108 cm³/mol. The summed E-state index contributed by atoms with van der Waals surface area (Å²) in [6.07, 6.45) is 2.21. The van der Waals surface area contributed by atoms with Crippen LogP contribution in [0.25, 0.3) is 0 Å². The number of halogens is 2. The summed E-state index contributed by atoms with van der Waals surface area (Å²) in [5.41, 5.74) is 0. The first-order valence-corrected chi connectivity index (χ1v) is 8.14. The number of nitrogens with one attached hydrogen (secondary N) is 2. The number of aliphatic imine (C=N–C) groups is 1. The molecule has 0 aliphatic rings. The summed E-state index contributed by atoms with van der Waals surface area (Å²) < 4.78 is 24.5. The second kappa shape index (κ2) is 11.7. The van der Waals surface area contributed by atoms with Gasteiger partial charge < -0.3 is 19.8 Å². The van der Waals surface area contributed by atoms with Gasteiger partial charge >= 0.3 is 0 Å². The highest BCUT2D eigenvalue weighted by Crippen LogP contribution is 2.16. The summed E-state index contributed by atoms with van der Waals surface area (Å²) >= 11 is 0. The third-order valence-corrected chi connectivity index (χ3v) is 3.26. The van der Waals surface area contributed by atoms with Crippen LogP contribution >= 0.6 is 24.0 Å². The van der Waals surface area contributed by atoms with Crippen molar-refractivity contribution in [3.63, 3.8) is 0 Å². The van der Waals surface area contributed by atoms with Gasteiger partial charge in [-0.25, -0.2) is 9.38 Å². The van der Waals surface area contributed by atoms with E-state index >= 15 is 0 Å². The highest BCUT2D eigenvalue weighted by molar-refractivity contribution is 14.0. The summed E-state index contributed by atoms with van der Waals surface area (Å²) in [4.78, 5) is 4.47. The van der Waals surface area contributed by atoms with E-state index in [1.54, 1.807) is 24.5 Å². The van der Waals surface area contributed by atoms with E-state index in [9.17, 15) is 4.39 Å². The largest absolute Gasteiger partial charge is 0.486 e. The monoisotopic (exact) mass is 461 g/mol. The van der Waals surface area contributed by atoms with E-state index in [2.05, 4.69) is 15.6 Å². The zero-order valence-electron chi connectivity index (χ0n) is 14.5. The van der Waals surface area contributed by atoms with Gasteiger partial charge in [0.05, 0.1) is 12.8 Å². The Morgan fingerprint density at radius 3 is 2.72 bits per heavy atom. The third kappa shape index (κ3) is 7.76. The van der Waals surface area contributed by atoms with Gasteiger partial charge in [0.15, 0.2) is 17.5 Å². The minimum Gasteiger partial charge on any atom is -0.486 e. The molecule has 0 saturated heterocycles. The fraction of sp³-hybridized carbons (Fsp3) is 0.389. The average molecular weight is 461 g/mol. The molecule has 2 N–H and O–H groups in total. The van der Waals surface area contributed by atoms with Crippen molar-refractivity contribution in [2.45, 2.75) is 26.4 Å². The maximum absolute atomic E-state index is 13.6. The molecule has 0 amide bonds. The molecule has 0 aliphatic carbocycles. The summed E-state index contributed by atoms with van der Waals surface area (Å²) in [6.45, 7) is 5.76. The maximum Gasteiger partial charge on any atom is 0.191 e. The number of benzene rings is 1. The molecular weight excluding hydrogens is 436 g/mol. The minimum atomic E-state index is -0.364. The summed E-state index contributed by atoms with van der Waals surface area (Å²) in [5, 5.41) is 6.41. The smallest absolute Gasteiger partial charge is 0.191 e. The summed E-state index contributed by atoms with van der Waals surface area (Å²) in [5.74, 6) is 1.51. The quantitative estimate of drug-likeness (QED) is 0.359. The SMILES string of the molecule is CCNC(=NCC(C)Oc1ccccc1F)NCCc1ccco1.I. The second-order valence-corrected chi connectivity index (χ2v) is 5.33. The Kier molecular flexibility index (Phi) is 9.98. The standard InChI is InChI=1S/C18H24FN3O2.HI/c1-3-20-18(21-11-10-15-7-6-12-23-15)22-13-14(2)24-17-9-5-4-8-16(17)19;/h4-9,12,14H,3,10-11,13H2,1-2H3,(H2,20,21,22);1H. The number of guanidine groups is 1. The number of furan rings is 1. The fourth-order valence-corrected chi connectivity index (χ4v) is 2.11. The van der Waals surface area contributed by atoms with Gasteiger partial charge in [-0.15, -0.1) is 24.0 Å². The van der Waals surface area contributed by atoms with Crippen LogP contribution in [0.5, 0.6) is 5.75 Å². The highest BCUT2D eigenvalue weighted by atomic mass is 127. The van der Waals surface area contributed by atoms with Gasteiger partial charge in [-0.2, -0.15) is 0 Å². The van der Waals surface area contributed by atoms with Gasteiger partial charge in [0.25, 0.3) is 0 Å². The van der Waals surface area contributed by atoms with Crippen LogP contribution in [0.1, 0.15) is 19.6 Å². The minimum absolute atomic E-state index is 0. The molecular formula is C18H25FIN3O2. The Hall–Kier alpha value is -1.77. The predicted octanol–water partition coefficient (Wildman–Crippen LogP) is 3.60. The van der Waals surface area contributed by atoms with E-state index < -0.39 is 0 Å². The Morgan fingerprint density at radius 2 is 2.04 bits per heavy atom. The Bertz CT molecular complexity index is 635.